The van der Waals surface area contributed by atoms with Crippen LogP contribution in [0.25, 0.3) is 0 Å². The number of hydrogen-bond acceptors (Lipinski definition) is 4. The topological polar surface area (TPSA) is 78.5 Å². The standard InChI is InChI=1S/C18H21N3O3S/c1-19-25(23,24)15-10-8-14(9-11-15)18(22)20-16-6-2-3-7-17(16)21-12-4-5-13-21/h2-3,6-11,19H,4-5,12-13H2,1H3,(H,20,22). The fourth-order valence-corrected chi connectivity index (χ4v) is 3.64. The Hall–Kier alpha value is -2.38. The van der Waals surface area contributed by atoms with Crippen LogP contribution in [0, 0.1) is 0 Å². The summed E-state index contributed by atoms with van der Waals surface area (Å²) in [6.07, 6.45) is 2.31. The van der Waals surface area contributed by atoms with E-state index in [1.165, 1.54) is 31.3 Å². The monoisotopic (exact) mass is 359 g/mol. The second-order valence-corrected chi connectivity index (χ2v) is 7.78. The largest absolute Gasteiger partial charge is 0.370 e. The van der Waals surface area contributed by atoms with Crippen LogP contribution >= 0.6 is 0 Å². The summed E-state index contributed by atoms with van der Waals surface area (Å²) in [4.78, 5) is 14.9. The molecule has 2 N–H and O–H groups in total. The molecule has 0 unspecified atom stereocenters. The van der Waals surface area contributed by atoms with Gasteiger partial charge in [-0.05, 0) is 56.3 Å². The molecule has 2 aromatic rings. The van der Waals surface area contributed by atoms with Gasteiger partial charge in [-0.1, -0.05) is 12.1 Å². The first kappa shape index (κ1) is 17.4. The van der Waals surface area contributed by atoms with Crippen LogP contribution in [-0.2, 0) is 10.0 Å². The molecule has 1 aliphatic heterocycles. The van der Waals surface area contributed by atoms with Crippen LogP contribution in [0.4, 0.5) is 11.4 Å². The van der Waals surface area contributed by atoms with Crippen LogP contribution < -0.4 is 14.9 Å². The van der Waals surface area contributed by atoms with Crippen LogP contribution in [0.5, 0.6) is 0 Å². The molecule has 0 aromatic heterocycles. The van der Waals surface area contributed by atoms with Crippen LogP contribution in [-0.4, -0.2) is 34.5 Å². The highest BCUT2D eigenvalue weighted by Gasteiger charge is 2.17. The Labute approximate surface area is 147 Å². The van der Waals surface area contributed by atoms with E-state index in [1.807, 2.05) is 24.3 Å². The van der Waals surface area contributed by atoms with Gasteiger partial charge in [0.1, 0.15) is 0 Å². The highest BCUT2D eigenvalue weighted by atomic mass is 32.2. The molecule has 0 saturated carbocycles. The summed E-state index contributed by atoms with van der Waals surface area (Å²) >= 11 is 0. The zero-order chi connectivity index (χ0) is 17.9. The fourth-order valence-electron chi connectivity index (χ4n) is 2.91. The predicted molar refractivity (Wildman–Crippen MR) is 98.5 cm³/mol. The zero-order valence-corrected chi connectivity index (χ0v) is 14.8. The van der Waals surface area contributed by atoms with Gasteiger partial charge < -0.3 is 10.2 Å². The molecule has 132 valence electrons. The Morgan fingerprint density at radius 1 is 1.00 bits per heavy atom. The molecular formula is C18H21N3O3S. The highest BCUT2D eigenvalue weighted by Crippen LogP contribution is 2.29. The number of benzene rings is 2. The SMILES string of the molecule is CNS(=O)(=O)c1ccc(C(=O)Nc2ccccc2N2CCCC2)cc1. The molecule has 3 rings (SSSR count). The number of amides is 1. The summed E-state index contributed by atoms with van der Waals surface area (Å²) in [6, 6.07) is 13.6. The molecule has 1 aliphatic rings. The summed E-state index contributed by atoms with van der Waals surface area (Å²) in [5.41, 5.74) is 2.19. The second-order valence-electron chi connectivity index (χ2n) is 5.90. The van der Waals surface area contributed by atoms with Gasteiger partial charge in [0.15, 0.2) is 0 Å². The first-order chi connectivity index (χ1) is 12.0. The van der Waals surface area contributed by atoms with Crippen molar-refractivity contribution >= 4 is 27.3 Å². The molecule has 7 heteroatoms. The van der Waals surface area contributed by atoms with E-state index in [9.17, 15) is 13.2 Å². The molecule has 0 radical (unpaired) electrons. The van der Waals surface area contributed by atoms with Gasteiger partial charge in [0, 0.05) is 18.7 Å². The van der Waals surface area contributed by atoms with Crippen LogP contribution in [0.2, 0.25) is 0 Å². The summed E-state index contributed by atoms with van der Waals surface area (Å²) < 4.78 is 25.7. The molecule has 1 amide bonds. The average molecular weight is 359 g/mol. The maximum absolute atomic E-state index is 12.5. The Bertz CT molecular complexity index is 857. The molecule has 25 heavy (non-hydrogen) atoms. The van der Waals surface area contributed by atoms with E-state index >= 15 is 0 Å². The van der Waals surface area contributed by atoms with Crippen LogP contribution in [0.3, 0.4) is 0 Å². The molecule has 0 spiro atoms. The summed E-state index contributed by atoms with van der Waals surface area (Å²) in [7, 11) is -2.15. The van der Waals surface area contributed by atoms with Crippen molar-refractivity contribution < 1.29 is 13.2 Å². The lowest BCUT2D eigenvalue weighted by Crippen LogP contribution is -2.21. The summed E-state index contributed by atoms with van der Waals surface area (Å²) in [5, 5.41) is 2.93. The number of nitrogens with zero attached hydrogens (tertiary/aromatic N) is 1. The third-order valence-corrected chi connectivity index (χ3v) is 5.72. The van der Waals surface area contributed by atoms with E-state index in [4.69, 9.17) is 0 Å². The summed E-state index contributed by atoms with van der Waals surface area (Å²) in [5.74, 6) is -0.264. The van der Waals surface area contributed by atoms with Gasteiger partial charge in [-0.25, -0.2) is 13.1 Å². The molecule has 0 atom stereocenters. The van der Waals surface area contributed by atoms with Crippen molar-refractivity contribution in [1.29, 1.82) is 0 Å². The smallest absolute Gasteiger partial charge is 0.255 e. The zero-order valence-electron chi connectivity index (χ0n) is 14.0. The predicted octanol–water partition coefficient (Wildman–Crippen LogP) is 2.45. The number of carbonyl (C=O) groups excluding carboxylic acids is 1. The highest BCUT2D eigenvalue weighted by molar-refractivity contribution is 7.89. The van der Waals surface area contributed by atoms with Crippen molar-refractivity contribution in [2.24, 2.45) is 0 Å². The van der Waals surface area contributed by atoms with Gasteiger partial charge in [0.25, 0.3) is 5.91 Å². The van der Waals surface area contributed by atoms with Gasteiger partial charge in [-0.3, -0.25) is 4.79 Å². The Balaban J connectivity index is 1.79. The number of rotatable bonds is 5. The quantitative estimate of drug-likeness (QED) is 0.859. The van der Waals surface area contributed by atoms with Crippen molar-refractivity contribution in [3.63, 3.8) is 0 Å². The number of anilines is 2. The molecule has 1 fully saturated rings. The summed E-state index contributed by atoms with van der Waals surface area (Å²) in [6.45, 7) is 1.98. The van der Waals surface area contributed by atoms with E-state index in [0.717, 1.165) is 37.3 Å². The van der Waals surface area contributed by atoms with Gasteiger partial charge in [0.05, 0.1) is 16.3 Å². The van der Waals surface area contributed by atoms with Gasteiger partial charge in [-0.15, -0.1) is 0 Å². The number of nitrogens with one attached hydrogen (secondary N) is 2. The van der Waals surface area contributed by atoms with Gasteiger partial charge >= 0.3 is 0 Å². The van der Waals surface area contributed by atoms with Gasteiger partial charge in [0.2, 0.25) is 10.0 Å². The lowest BCUT2D eigenvalue weighted by atomic mass is 10.2. The normalized spacial score (nSPS) is 14.5. The third kappa shape index (κ3) is 3.83. The van der Waals surface area contributed by atoms with E-state index < -0.39 is 10.0 Å². The maximum atomic E-state index is 12.5. The lowest BCUT2D eigenvalue weighted by Gasteiger charge is -2.21. The molecule has 2 aromatic carbocycles. The van der Waals surface area contributed by atoms with Crippen molar-refractivity contribution in [3.8, 4) is 0 Å². The van der Waals surface area contributed by atoms with E-state index in [0.29, 0.717) is 5.56 Å². The number of sulfonamides is 1. The minimum Gasteiger partial charge on any atom is -0.370 e. The minimum absolute atomic E-state index is 0.129. The lowest BCUT2D eigenvalue weighted by molar-refractivity contribution is 0.102. The van der Waals surface area contributed by atoms with Crippen molar-refractivity contribution in [3.05, 3.63) is 54.1 Å². The Morgan fingerprint density at radius 3 is 2.28 bits per heavy atom. The second kappa shape index (κ2) is 7.25. The van der Waals surface area contributed by atoms with Crippen molar-refractivity contribution in [2.45, 2.75) is 17.7 Å². The molecule has 0 aliphatic carbocycles. The number of hydrogen-bond donors (Lipinski definition) is 2. The molecule has 1 saturated heterocycles. The molecule has 6 nitrogen and oxygen atoms in total. The van der Waals surface area contributed by atoms with Crippen LogP contribution in [0.15, 0.2) is 53.4 Å². The average Bonchev–Trinajstić information content (AvgIpc) is 3.17. The number of para-hydroxylation sites is 2. The fraction of sp³-hybridized carbons (Fsp3) is 0.278. The van der Waals surface area contributed by atoms with Crippen LogP contribution in [0.1, 0.15) is 23.2 Å². The Morgan fingerprint density at radius 2 is 1.64 bits per heavy atom. The van der Waals surface area contributed by atoms with E-state index in [1.54, 1.807) is 0 Å². The van der Waals surface area contributed by atoms with Crippen molar-refractivity contribution in [2.75, 3.05) is 30.4 Å². The van der Waals surface area contributed by atoms with E-state index in [2.05, 4.69) is 14.9 Å². The maximum Gasteiger partial charge on any atom is 0.255 e. The molecular weight excluding hydrogens is 338 g/mol. The first-order valence-electron chi connectivity index (χ1n) is 8.20. The molecule has 1 heterocycles. The molecule has 0 bridgehead atoms. The third-order valence-electron chi connectivity index (χ3n) is 4.29. The first-order valence-corrected chi connectivity index (χ1v) is 9.68. The minimum atomic E-state index is -3.51. The Kier molecular flexibility index (Phi) is 5.06. The van der Waals surface area contributed by atoms with E-state index in [-0.39, 0.29) is 10.8 Å². The number of carbonyl (C=O) groups is 1. The van der Waals surface area contributed by atoms with Gasteiger partial charge in [-0.2, -0.15) is 0 Å². The van der Waals surface area contributed by atoms with Crippen molar-refractivity contribution in [1.82, 2.24) is 4.72 Å².